The van der Waals surface area contributed by atoms with Crippen molar-refractivity contribution >= 4 is 0 Å². The van der Waals surface area contributed by atoms with Crippen LogP contribution in [-0.2, 0) is 32.7 Å². The highest BCUT2D eigenvalue weighted by atomic mass is 19.4. The lowest BCUT2D eigenvalue weighted by molar-refractivity contribution is -0.141. The summed E-state index contributed by atoms with van der Waals surface area (Å²) in [7, 11) is 4.04. The lowest BCUT2D eigenvalue weighted by atomic mass is 9.99. The van der Waals surface area contributed by atoms with Gasteiger partial charge in [0, 0.05) is 51.7 Å². The van der Waals surface area contributed by atoms with Crippen LogP contribution < -0.4 is 0 Å². The monoisotopic (exact) mass is 326 g/mol. The Bertz CT molecular complexity index is 671. The van der Waals surface area contributed by atoms with E-state index in [4.69, 9.17) is 0 Å². The van der Waals surface area contributed by atoms with Crippen molar-refractivity contribution in [3.05, 3.63) is 41.7 Å². The molecule has 0 spiro atoms. The Hall–Kier alpha value is -1.76. The van der Waals surface area contributed by atoms with Crippen LogP contribution in [0, 0.1) is 5.92 Å². The minimum Gasteiger partial charge on any atom is -0.357 e. The van der Waals surface area contributed by atoms with Crippen LogP contribution in [0.15, 0.2) is 24.7 Å². The number of imidazole rings is 1. The Morgan fingerprint density at radius 1 is 1.35 bits per heavy atom. The highest BCUT2D eigenvalue weighted by molar-refractivity contribution is 5.11. The molecular weight excluding hydrogens is 305 g/mol. The number of hydrogen-bond donors (Lipinski definition) is 0. The average Bonchev–Trinajstić information content (AvgIpc) is 3.04. The summed E-state index contributed by atoms with van der Waals surface area (Å²) >= 11 is 0. The van der Waals surface area contributed by atoms with E-state index in [1.54, 1.807) is 4.57 Å². The van der Waals surface area contributed by atoms with E-state index in [-0.39, 0.29) is 0 Å². The predicted molar refractivity (Wildman–Crippen MR) is 80.8 cm³/mol. The van der Waals surface area contributed by atoms with Gasteiger partial charge in [-0.2, -0.15) is 13.2 Å². The van der Waals surface area contributed by atoms with Gasteiger partial charge in [0.2, 0.25) is 0 Å². The number of aryl methyl sites for hydroxylation is 2. The van der Waals surface area contributed by atoms with Gasteiger partial charge in [-0.1, -0.05) is 0 Å². The van der Waals surface area contributed by atoms with Gasteiger partial charge >= 0.3 is 6.18 Å². The molecule has 0 aromatic carbocycles. The molecule has 0 saturated carbocycles. The van der Waals surface area contributed by atoms with Crippen LogP contribution in [0.1, 0.15) is 23.5 Å². The molecule has 3 heterocycles. The van der Waals surface area contributed by atoms with E-state index in [2.05, 4.69) is 29.2 Å². The summed E-state index contributed by atoms with van der Waals surface area (Å²) in [6, 6.07) is 2.08. The maximum absolute atomic E-state index is 12.7. The molecule has 0 aliphatic carbocycles. The van der Waals surface area contributed by atoms with Gasteiger partial charge in [0.1, 0.15) is 5.82 Å². The number of aromatic nitrogens is 3. The molecule has 0 saturated heterocycles. The zero-order valence-electron chi connectivity index (χ0n) is 13.3. The highest BCUT2D eigenvalue weighted by Gasteiger charge is 2.35. The first-order valence-electron chi connectivity index (χ1n) is 7.74. The van der Waals surface area contributed by atoms with Crippen LogP contribution >= 0.6 is 0 Å². The maximum atomic E-state index is 12.7. The minimum atomic E-state index is -4.36. The average molecular weight is 326 g/mol. The third-order valence-corrected chi connectivity index (χ3v) is 4.30. The molecular formula is C16H21F3N4. The molecule has 3 rings (SSSR count). The van der Waals surface area contributed by atoms with E-state index in [1.807, 2.05) is 17.8 Å². The fourth-order valence-electron chi connectivity index (χ4n) is 3.27. The van der Waals surface area contributed by atoms with E-state index in [0.717, 1.165) is 25.7 Å². The second-order valence-corrected chi connectivity index (χ2v) is 6.48. The molecule has 0 amide bonds. The van der Waals surface area contributed by atoms with Crippen molar-refractivity contribution in [3.8, 4) is 0 Å². The Labute approximate surface area is 133 Å². The second kappa shape index (κ2) is 6.03. The van der Waals surface area contributed by atoms with Crippen LogP contribution in [-0.4, -0.2) is 32.6 Å². The SMILES string of the molecule is CN(Cc1ccn(C)c1)CC1CCc2nc(C(F)(F)F)cn2C1. The van der Waals surface area contributed by atoms with Crippen molar-refractivity contribution in [2.24, 2.45) is 13.0 Å². The fourth-order valence-corrected chi connectivity index (χ4v) is 3.27. The summed E-state index contributed by atoms with van der Waals surface area (Å²) in [5.41, 5.74) is 0.472. The predicted octanol–water partition coefficient (Wildman–Crippen LogP) is 2.93. The van der Waals surface area contributed by atoms with Crippen LogP contribution in [0.3, 0.4) is 0 Å². The molecule has 2 aromatic heterocycles. The fraction of sp³-hybridized carbons (Fsp3) is 0.562. The van der Waals surface area contributed by atoms with E-state index in [1.165, 1.54) is 5.56 Å². The number of fused-ring (bicyclic) bond motifs is 1. The van der Waals surface area contributed by atoms with Crippen molar-refractivity contribution in [1.82, 2.24) is 19.0 Å². The van der Waals surface area contributed by atoms with Gasteiger partial charge in [-0.3, -0.25) is 0 Å². The number of alkyl halides is 3. The first kappa shape index (κ1) is 16.1. The van der Waals surface area contributed by atoms with E-state index < -0.39 is 11.9 Å². The van der Waals surface area contributed by atoms with Crippen molar-refractivity contribution in [1.29, 1.82) is 0 Å². The Balaban J connectivity index is 1.59. The Morgan fingerprint density at radius 3 is 2.78 bits per heavy atom. The number of nitrogens with zero attached hydrogens (tertiary/aromatic N) is 4. The van der Waals surface area contributed by atoms with Gasteiger partial charge in [0.05, 0.1) is 0 Å². The van der Waals surface area contributed by atoms with Crippen LogP contribution in [0.4, 0.5) is 13.2 Å². The number of rotatable bonds is 4. The molecule has 4 nitrogen and oxygen atoms in total. The molecule has 0 fully saturated rings. The molecule has 0 N–H and O–H groups in total. The van der Waals surface area contributed by atoms with Crippen molar-refractivity contribution < 1.29 is 13.2 Å². The molecule has 126 valence electrons. The summed E-state index contributed by atoms with van der Waals surface area (Å²) in [4.78, 5) is 5.96. The molecule has 1 atom stereocenters. The van der Waals surface area contributed by atoms with Gasteiger partial charge in [0.15, 0.2) is 5.69 Å². The third-order valence-electron chi connectivity index (χ3n) is 4.30. The minimum absolute atomic E-state index is 0.353. The van der Waals surface area contributed by atoms with Gasteiger partial charge < -0.3 is 14.0 Å². The molecule has 7 heteroatoms. The van der Waals surface area contributed by atoms with Crippen LogP contribution in [0.2, 0.25) is 0 Å². The zero-order valence-corrected chi connectivity index (χ0v) is 13.3. The van der Waals surface area contributed by atoms with E-state index >= 15 is 0 Å². The van der Waals surface area contributed by atoms with Crippen LogP contribution in [0.25, 0.3) is 0 Å². The van der Waals surface area contributed by atoms with Crippen molar-refractivity contribution in [3.63, 3.8) is 0 Å². The summed E-state index contributed by atoms with van der Waals surface area (Å²) in [6.45, 7) is 2.33. The van der Waals surface area contributed by atoms with E-state index in [0.29, 0.717) is 24.7 Å². The lowest BCUT2D eigenvalue weighted by Crippen LogP contribution is -2.31. The summed E-state index contributed by atoms with van der Waals surface area (Å²) in [6.07, 6.45) is 2.39. The zero-order chi connectivity index (χ0) is 16.6. The third kappa shape index (κ3) is 3.77. The number of hydrogen-bond acceptors (Lipinski definition) is 2. The van der Waals surface area contributed by atoms with Gasteiger partial charge in [0.25, 0.3) is 0 Å². The largest absolute Gasteiger partial charge is 0.434 e. The second-order valence-electron chi connectivity index (χ2n) is 6.48. The van der Waals surface area contributed by atoms with Crippen molar-refractivity contribution in [2.75, 3.05) is 13.6 Å². The van der Waals surface area contributed by atoms with E-state index in [9.17, 15) is 13.2 Å². The first-order valence-corrected chi connectivity index (χ1v) is 7.74. The molecule has 1 aliphatic rings. The normalized spacial score (nSPS) is 18.4. The van der Waals surface area contributed by atoms with Gasteiger partial charge in [-0.05, 0) is 31.0 Å². The van der Waals surface area contributed by atoms with Crippen LogP contribution in [0.5, 0.6) is 0 Å². The standard InChI is InChI=1S/C16H21F3N4/c1-21-6-5-13(7-21)9-22(2)8-12-3-4-15-20-14(16(17,18)19)11-23(15)10-12/h5-7,11-12H,3-4,8-10H2,1-2H3. The number of halogens is 3. The Kier molecular flexibility index (Phi) is 4.23. The van der Waals surface area contributed by atoms with Crippen molar-refractivity contribution in [2.45, 2.75) is 32.1 Å². The topological polar surface area (TPSA) is 26.0 Å². The molecule has 1 unspecified atom stereocenters. The molecule has 1 aliphatic heterocycles. The quantitative estimate of drug-likeness (QED) is 0.863. The summed E-state index contributed by atoms with van der Waals surface area (Å²) < 4.78 is 41.9. The smallest absolute Gasteiger partial charge is 0.357 e. The molecule has 0 bridgehead atoms. The maximum Gasteiger partial charge on any atom is 0.434 e. The lowest BCUT2D eigenvalue weighted by Gasteiger charge is -2.28. The molecule has 23 heavy (non-hydrogen) atoms. The first-order chi connectivity index (χ1) is 10.8. The van der Waals surface area contributed by atoms with Gasteiger partial charge in [-0.25, -0.2) is 4.98 Å². The molecule has 0 radical (unpaired) electrons. The van der Waals surface area contributed by atoms with Gasteiger partial charge in [-0.15, -0.1) is 0 Å². The molecule has 2 aromatic rings. The Morgan fingerprint density at radius 2 is 2.13 bits per heavy atom. The summed E-state index contributed by atoms with van der Waals surface area (Å²) in [5, 5.41) is 0. The summed E-state index contributed by atoms with van der Waals surface area (Å²) in [5.74, 6) is 0.908. The highest BCUT2D eigenvalue weighted by Crippen LogP contribution is 2.30.